The molecule has 2 saturated carbocycles. The molecule has 1 saturated heterocycles. The summed E-state index contributed by atoms with van der Waals surface area (Å²) in [4.78, 5) is 0. The van der Waals surface area contributed by atoms with Gasteiger partial charge in [-0.2, -0.15) is 26.3 Å². The van der Waals surface area contributed by atoms with Crippen LogP contribution >= 0.6 is 0 Å². The van der Waals surface area contributed by atoms with Crippen molar-refractivity contribution in [2.24, 2.45) is 17.8 Å². The lowest BCUT2D eigenvalue weighted by Gasteiger charge is -2.38. The van der Waals surface area contributed by atoms with Gasteiger partial charge in [-0.05, 0) is 24.7 Å². The van der Waals surface area contributed by atoms with Crippen molar-refractivity contribution in [2.75, 3.05) is 0 Å². The first-order chi connectivity index (χ1) is 8.09. The highest BCUT2D eigenvalue weighted by Gasteiger charge is 2.84. The van der Waals surface area contributed by atoms with E-state index < -0.39 is 47.9 Å². The Labute approximate surface area is 97.9 Å². The van der Waals surface area contributed by atoms with E-state index in [0.29, 0.717) is 0 Å². The van der Waals surface area contributed by atoms with Crippen LogP contribution in [0.5, 0.6) is 0 Å². The van der Waals surface area contributed by atoms with Gasteiger partial charge in [-0.15, -0.1) is 0 Å². The summed E-state index contributed by atoms with van der Waals surface area (Å²) in [5, 5.41) is 9.69. The number of rotatable bonds is 0. The molecule has 18 heavy (non-hydrogen) atoms. The molecule has 2 bridgehead atoms. The van der Waals surface area contributed by atoms with Crippen molar-refractivity contribution < 1.29 is 36.2 Å². The maximum absolute atomic E-state index is 13.0. The molecule has 3 rings (SSSR count). The lowest BCUT2D eigenvalue weighted by molar-refractivity contribution is -0.387. The summed E-state index contributed by atoms with van der Waals surface area (Å²) >= 11 is 0. The Bertz CT molecular complexity index is 360. The zero-order valence-electron chi connectivity index (χ0n) is 8.92. The van der Waals surface area contributed by atoms with E-state index in [1.807, 2.05) is 0 Å². The van der Waals surface area contributed by atoms with Gasteiger partial charge in [0.25, 0.3) is 5.60 Å². The van der Waals surface area contributed by atoms with Crippen LogP contribution in [-0.2, 0) is 4.74 Å². The highest BCUT2D eigenvalue weighted by Crippen LogP contribution is 2.67. The summed E-state index contributed by atoms with van der Waals surface area (Å²) in [5.74, 6) is -3.26. The molecule has 0 aromatic heterocycles. The summed E-state index contributed by atoms with van der Waals surface area (Å²) < 4.78 is 82.2. The van der Waals surface area contributed by atoms with Gasteiger partial charge >= 0.3 is 12.4 Å². The van der Waals surface area contributed by atoms with E-state index >= 15 is 0 Å². The van der Waals surface area contributed by atoms with E-state index in [-0.39, 0.29) is 12.8 Å². The van der Waals surface area contributed by atoms with Crippen LogP contribution < -0.4 is 0 Å². The molecule has 3 aliphatic rings. The number of ether oxygens (including phenoxy) is 1. The number of hydrogen-bond acceptors (Lipinski definition) is 2. The fourth-order valence-corrected chi connectivity index (χ4v) is 3.94. The molecule has 0 aromatic carbocycles. The van der Waals surface area contributed by atoms with Crippen LogP contribution in [0.1, 0.15) is 12.8 Å². The summed E-state index contributed by atoms with van der Waals surface area (Å²) in [5.41, 5.74) is -4.19. The van der Waals surface area contributed by atoms with Gasteiger partial charge in [-0.25, -0.2) is 0 Å². The van der Waals surface area contributed by atoms with E-state index in [4.69, 9.17) is 0 Å². The normalized spacial score (nSPS) is 45.8. The van der Waals surface area contributed by atoms with E-state index in [2.05, 4.69) is 4.74 Å². The number of hydrogen-bond donors (Lipinski definition) is 1. The lowest BCUT2D eigenvalue weighted by Crippen LogP contribution is -2.62. The molecule has 2 nitrogen and oxygen atoms in total. The Morgan fingerprint density at radius 1 is 1.00 bits per heavy atom. The molecule has 1 aliphatic heterocycles. The van der Waals surface area contributed by atoms with E-state index in [1.54, 1.807) is 0 Å². The molecular weight excluding hydrogens is 266 g/mol. The van der Waals surface area contributed by atoms with E-state index in [0.717, 1.165) is 0 Å². The fourth-order valence-electron chi connectivity index (χ4n) is 3.94. The van der Waals surface area contributed by atoms with Crippen LogP contribution in [0.25, 0.3) is 0 Å². The average molecular weight is 276 g/mol. The van der Waals surface area contributed by atoms with Gasteiger partial charge in [0.05, 0.1) is 12.2 Å². The third-order valence-electron chi connectivity index (χ3n) is 4.55. The van der Waals surface area contributed by atoms with Crippen molar-refractivity contribution in [3.8, 4) is 0 Å². The number of halogens is 6. The minimum Gasteiger partial charge on any atom is -0.392 e. The largest absolute Gasteiger partial charge is 0.426 e. The number of fused-ring (bicyclic) bond motifs is 1. The molecule has 104 valence electrons. The van der Waals surface area contributed by atoms with Gasteiger partial charge in [0, 0.05) is 5.92 Å². The highest BCUT2D eigenvalue weighted by molar-refractivity contribution is 5.19. The Morgan fingerprint density at radius 2 is 1.56 bits per heavy atom. The van der Waals surface area contributed by atoms with Crippen LogP contribution in [0.2, 0.25) is 0 Å². The molecule has 0 spiro atoms. The van der Waals surface area contributed by atoms with Gasteiger partial charge in [0.15, 0.2) is 0 Å². The first-order valence-electron chi connectivity index (χ1n) is 5.59. The molecule has 0 aromatic rings. The maximum atomic E-state index is 13.0. The summed E-state index contributed by atoms with van der Waals surface area (Å²) in [6.07, 6.45) is -13.5. The lowest BCUT2D eigenvalue weighted by atomic mass is 9.76. The van der Waals surface area contributed by atoms with Crippen molar-refractivity contribution in [3.05, 3.63) is 0 Å². The van der Waals surface area contributed by atoms with Crippen LogP contribution in [0.3, 0.4) is 0 Å². The highest BCUT2D eigenvalue weighted by atomic mass is 19.4. The second-order valence-corrected chi connectivity index (χ2v) is 5.30. The Balaban J connectivity index is 2.13. The second-order valence-electron chi connectivity index (χ2n) is 5.30. The predicted octanol–water partition coefficient (Wildman–Crippen LogP) is 2.27. The van der Waals surface area contributed by atoms with Crippen LogP contribution in [0.4, 0.5) is 26.3 Å². The van der Waals surface area contributed by atoms with Crippen molar-refractivity contribution in [1.82, 2.24) is 0 Å². The molecular formula is C10H10F6O2. The molecule has 3 fully saturated rings. The zero-order valence-corrected chi connectivity index (χ0v) is 8.92. The van der Waals surface area contributed by atoms with E-state index in [1.165, 1.54) is 0 Å². The van der Waals surface area contributed by atoms with Gasteiger partial charge < -0.3 is 9.84 Å². The first kappa shape index (κ1) is 12.5. The van der Waals surface area contributed by atoms with Crippen molar-refractivity contribution in [2.45, 2.75) is 43.0 Å². The van der Waals surface area contributed by atoms with Gasteiger partial charge in [-0.1, -0.05) is 0 Å². The monoisotopic (exact) mass is 276 g/mol. The van der Waals surface area contributed by atoms with Crippen molar-refractivity contribution >= 4 is 0 Å². The average Bonchev–Trinajstić information content (AvgIpc) is 2.71. The molecule has 8 heteroatoms. The van der Waals surface area contributed by atoms with Crippen LogP contribution in [0, 0.1) is 17.8 Å². The second kappa shape index (κ2) is 3.15. The maximum Gasteiger partial charge on any atom is 0.426 e. The Hall–Kier alpha value is -0.500. The number of alkyl halides is 6. The smallest absolute Gasteiger partial charge is 0.392 e. The summed E-state index contributed by atoms with van der Waals surface area (Å²) in [6, 6.07) is 0. The third kappa shape index (κ3) is 1.18. The molecule has 5 atom stereocenters. The SMILES string of the molecule is OC1C2[C@@H]3C[C@H]1CC3OC2(C(F)(F)F)C(F)(F)F. The minimum atomic E-state index is -5.57. The molecule has 0 radical (unpaired) electrons. The number of aliphatic hydroxyl groups is 1. The number of aliphatic hydroxyl groups excluding tert-OH is 1. The fraction of sp³-hybridized carbons (Fsp3) is 1.00. The third-order valence-corrected chi connectivity index (χ3v) is 4.55. The van der Waals surface area contributed by atoms with Crippen molar-refractivity contribution in [3.63, 3.8) is 0 Å². The Morgan fingerprint density at radius 3 is 2.00 bits per heavy atom. The van der Waals surface area contributed by atoms with Crippen molar-refractivity contribution in [1.29, 1.82) is 0 Å². The quantitative estimate of drug-likeness (QED) is 0.688. The first-order valence-corrected chi connectivity index (χ1v) is 5.59. The van der Waals surface area contributed by atoms with Crippen LogP contribution in [0.15, 0.2) is 0 Å². The van der Waals surface area contributed by atoms with Gasteiger partial charge in [0.1, 0.15) is 0 Å². The zero-order chi connectivity index (χ0) is 13.5. The Kier molecular flexibility index (Phi) is 2.19. The summed E-state index contributed by atoms with van der Waals surface area (Å²) in [6.45, 7) is 0. The molecule has 3 unspecified atom stereocenters. The summed E-state index contributed by atoms with van der Waals surface area (Å²) in [7, 11) is 0. The van der Waals surface area contributed by atoms with E-state index in [9.17, 15) is 31.4 Å². The van der Waals surface area contributed by atoms with Gasteiger partial charge in [-0.3, -0.25) is 0 Å². The molecule has 0 amide bonds. The molecule has 1 N–H and O–H groups in total. The standard InChI is InChI=1S/C10H10F6O2/c11-9(12,13)8(10(14,15)16)6-4-1-3(7(6)17)2-5(4)18-8/h3-7,17H,1-2H2/t3-,4+,5?,6?,7?/m0/s1. The molecule has 1 heterocycles. The minimum absolute atomic E-state index is 0.0796. The topological polar surface area (TPSA) is 29.5 Å². The molecule has 2 aliphatic carbocycles. The van der Waals surface area contributed by atoms with Gasteiger partial charge in [0.2, 0.25) is 0 Å². The predicted molar refractivity (Wildman–Crippen MR) is 45.4 cm³/mol. The van der Waals surface area contributed by atoms with Crippen LogP contribution in [-0.4, -0.2) is 35.3 Å².